The van der Waals surface area contributed by atoms with E-state index in [0.717, 1.165) is 0 Å². The first-order chi connectivity index (χ1) is 12.8. The number of benzene rings is 1. The zero-order valence-corrected chi connectivity index (χ0v) is 15.6. The van der Waals surface area contributed by atoms with Crippen molar-refractivity contribution in [2.45, 2.75) is 33.7 Å². The quantitative estimate of drug-likeness (QED) is 0.363. The Kier molecular flexibility index (Phi) is 6.56. The number of esters is 1. The zero-order valence-electron chi connectivity index (χ0n) is 15.6. The van der Waals surface area contributed by atoms with Crippen LogP contribution in [0.4, 0.5) is 0 Å². The average molecular weight is 366 g/mol. The highest BCUT2D eigenvalue weighted by atomic mass is 16.5. The maximum atomic E-state index is 12.1. The van der Waals surface area contributed by atoms with Gasteiger partial charge in [-0.15, -0.1) is 0 Å². The second-order valence-corrected chi connectivity index (χ2v) is 7.21. The summed E-state index contributed by atoms with van der Waals surface area (Å²) in [6.45, 7) is 6.08. The number of carbonyl (C=O) groups is 2. The lowest BCUT2D eigenvalue weighted by Crippen LogP contribution is -2.23. The van der Waals surface area contributed by atoms with Gasteiger partial charge in [0.05, 0.1) is 19.2 Å². The summed E-state index contributed by atoms with van der Waals surface area (Å²) in [6.07, 6.45) is 3.29. The van der Waals surface area contributed by atoms with E-state index in [1.807, 2.05) is 26.8 Å². The SMILES string of the molecule is CC(C)(C)CC(=O)Oc1ccc(/C=C(\C#N)C(=O)NCc2ccco2)cc1. The molecule has 140 valence electrons. The molecule has 0 bridgehead atoms. The number of carbonyl (C=O) groups excluding carboxylic acids is 2. The molecule has 0 radical (unpaired) electrons. The summed E-state index contributed by atoms with van der Waals surface area (Å²) in [7, 11) is 0. The number of nitrogens with one attached hydrogen (secondary N) is 1. The van der Waals surface area contributed by atoms with Gasteiger partial charge in [-0.1, -0.05) is 32.9 Å². The number of nitriles is 1. The lowest BCUT2D eigenvalue weighted by Gasteiger charge is -2.16. The topological polar surface area (TPSA) is 92.3 Å². The highest BCUT2D eigenvalue weighted by Gasteiger charge is 2.17. The van der Waals surface area contributed by atoms with Gasteiger partial charge in [-0.2, -0.15) is 5.26 Å². The van der Waals surface area contributed by atoms with Crippen LogP contribution in [0.2, 0.25) is 0 Å². The summed E-state index contributed by atoms with van der Waals surface area (Å²) in [4.78, 5) is 24.0. The first-order valence-electron chi connectivity index (χ1n) is 8.50. The maximum absolute atomic E-state index is 12.1. The molecule has 27 heavy (non-hydrogen) atoms. The standard InChI is InChI=1S/C21H22N2O4/c1-21(2,3)12-19(24)27-17-8-6-15(7-9-17)11-16(13-22)20(25)23-14-18-5-4-10-26-18/h4-11H,12,14H2,1-3H3,(H,23,25)/b16-11+. The minimum Gasteiger partial charge on any atom is -0.467 e. The van der Waals surface area contributed by atoms with Crippen molar-refractivity contribution in [1.82, 2.24) is 5.32 Å². The molecule has 0 fully saturated rings. The van der Waals surface area contributed by atoms with Crippen LogP contribution in [-0.2, 0) is 16.1 Å². The van der Waals surface area contributed by atoms with Crippen LogP contribution < -0.4 is 10.1 Å². The summed E-state index contributed by atoms with van der Waals surface area (Å²) >= 11 is 0. The van der Waals surface area contributed by atoms with Gasteiger partial charge in [0.25, 0.3) is 5.91 Å². The maximum Gasteiger partial charge on any atom is 0.311 e. The zero-order chi connectivity index (χ0) is 19.9. The summed E-state index contributed by atoms with van der Waals surface area (Å²) in [5, 5.41) is 11.8. The van der Waals surface area contributed by atoms with Crippen molar-refractivity contribution >= 4 is 18.0 Å². The Hall–Kier alpha value is -3.33. The van der Waals surface area contributed by atoms with E-state index in [9.17, 15) is 14.9 Å². The van der Waals surface area contributed by atoms with E-state index in [2.05, 4.69) is 5.32 Å². The molecule has 1 amide bonds. The Morgan fingerprint density at radius 3 is 2.48 bits per heavy atom. The van der Waals surface area contributed by atoms with E-state index in [1.54, 1.807) is 36.4 Å². The number of hydrogen-bond acceptors (Lipinski definition) is 5. The molecule has 1 heterocycles. The summed E-state index contributed by atoms with van der Waals surface area (Å²) in [5.41, 5.74) is 0.471. The molecular formula is C21H22N2O4. The van der Waals surface area contributed by atoms with Gasteiger partial charge in [0.2, 0.25) is 0 Å². The summed E-state index contributed by atoms with van der Waals surface area (Å²) in [5.74, 6) is 0.222. The van der Waals surface area contributed by atoms with Gasteiger partial charge in [-0.25, -0.2) is 0 Å². The number of ether oxygens (including phenoxy) is 1. The molecule has 2 aromatic rings. The molecule has 0 aliphatic heterocycles. The molecule has 1 aromatic heterocycles. The van der Waals surface area contributed by atoms with Crippen LogP contribution in [0, 0.1) is 16.7 Å². The number of nitrogens with zero attached hydrogens (tertiary/aromatic N) is 1. The fourth-order valence-corrected chi connectivity index (χ4v) is 2.22. The molecule has 2 rings (SSSR count). The number of amides is 1. The van der Waals surface area contributed by atoms with E-state index in [0.29, 0.717) is 23.5 Å². The van der Waals surface area contributed by atoms with Gasteiger partial charge in [-0.05, 0) is 41.3 Å². The van der Waals surface area contributed by atoms with Gasteiger partial charge >= 0.3 is 5.97 Å². The molecule has 1 aromatic carbocycles. The Labute approximate surface area is 158 Å². The Morgan fingerprint density at radius 1 is 1.22 bits per heavy atom. The first-order valence-corrected chi connectivity index (χ1v) is 8.50. The summed E-state index contributed by atoms with van der Waals surface area (Å²) in [6, 6.07) is 11.9. The van der Waals surface area contributed by atoms with Crippen molar-refractivity contribution in [1.29, 1.82) is 5.26 Å². The number of rotatable bonds is 6. The number of furan rings is 1. The third-order valence-electron chi connectivity index (χ3n) is 3.47. The normalized spacial score (nSPS) is 11.6. The fourth-order valence-electron chi connectivity index (χ4n) is 2.22. The van der Waals surface area contributed by atoms with Crippen LogP contribution in [-0.4, -0.2) is 11.9 Å². The minimum atomic E-state index is -0.491. The lowest BCUT2D eigenvalue weighted by molar-refractivity contribution is -0.136. The highest BCUT2D eigenvalue weighted by Crippen LogP contribution is 2.21. The van der Waals surface area contributed by atoms with E-state index < -0.39 is 5.91 Å². The third-order valence-corrected chi connectivity index (χ3v) is 3.47. The van der Waals surface area contributed by atoms with E-state index >= 15 is 0 Å². The van der Waals surface area contributed by atoms with Gasteiger partial charge in [0.1, 0.15) is 23.2 Å². The second-order valence-electron chi connectivity index (χ2n) is 7.21. The van der Waals surface area contributed by atoms with Gasteiger partial charge in [-0.3, -0.25) is 9.59 Å². The molecular weight excluding hydrogens is 344 g/mol. The van der Waals surface area contributed by atoms with E-state index in [1.165, 1.54) is 12.3 Å². The predicted octanol–water partition coefficient (Wildman–Crippen LogP) is 3.84. The molecule has 6 heteroatoms. The van der Waals surface area contributed by atoms with E-state index in [-0.39, 0.29) is 23.5 Å². The minimum absolute atomic E-state index is 0.0287. The Balaban J connectivity index is 1.98. The lowest BCUT2D eigenvalue weighted by atomic mass is 9.92. The Bertz CT molecular complexity index is 851. The van der Waals surface area contributed by atoms with Crippen molar-refractivity contribution < 1.29 is 18.7 Å². The molecule has 6 nitrogen and oxygen atoms in total. The van der Waals surface area contributed by atoms with Gasteiger partial charge in [0.15, 0.2) is 0 Å². The van der Waals surface area contributed by atoms with Crippen LogP contribution >= 0.6 is 0 Å². The summed E-state index contributed by atoms with van der Waals surface area (Å²) < 4.78 is 10.4. The monoisotopic (exact) mass is 366 g/mol. The van der Waals surface area contributed by atoms with Crippen molar-refractivity contribution in [3.8, 4) is 11.8 Å². The van der Waals surface area contributed by atoms with Crippen LogP contribution in [0.5, 0.6) is 5.75 Å². The average Bonchev–Trinajstić information content (AvgIpc) is 3.11. The highest BCUT2D eigenvalue weighted by molar-refractivity contribution is 6.01. The van der Waals surface area contributed by atoms with Crippen molar-refractivity contribution in [2.24, 2.45) is 5.41 Å². The third kappa shape index (κ3) is 6.83. The van der Waals surface area contributed by atoms with Crippen LogP contribution in [0.1, 0.15) is 38.5 Å². The molecule has 0 spiro atoms. The Morgan fingerprint density at radius 2 is 1.93 bits per heavy atom. The first kappa shape index (κ1) is 20.0. The fraction of sp³-hybridized carbons (Fsp3) is 0.286. The van der Waals surface area contributed by atoms with Crippen LogP contribution in [0.3, 0.4) is 0 Å². The van der Waals surface area contributed by atoms with Gasteiger partial charge in [0, 0.05) is 0 Å². The predicted molar refractivity (Wildman–Crippen MR) is 100 cm³/mol. The van der Waals surface area contributed by atoms with E-state index in [4.69, 9.17) is 9.15 Å². The van der Waals surface area contributed by atoms with Crippen LogP contribution in [0.25, 0.3) is 6.08 Å². The molecule has 1 N–H and O–H groups in total. The van der Waals surface area contributed by atoms with Crippen molar-refractivity contribution in [3.05, 3.63) is 59.6 Å². The van der Waals surface area contributed by atoms with Gasteiger partial charge < -0.3 is 14.5 Å². The molecule has 0 saturated carbocycles. The van der Waals surface area contributed by atoms with Crippen molar-refractivity contribution in [3.63, 3.8) is 0 Å². The largest absolute Gasteiger partial charge is 0.467 e. The number of hydrogen-bond donors (Lipinski definition) is 1. The van der Waals surface area contributed by atoms with Crippen LogP contribution in [0.15, 0.2) is 52.7 Å². The smallest absolute Gasteiger partial charge is 0.311 e. The molecule has 0 aliphatic carbocycles. The molecule has 0 saturated heterocycles. The second kappa shape index (κ2) is 8.86. The van der Waals surface area contributed by atoms with Crippen molar-refractivity contribution in [2.75, 3.05) is 0 Å². The molecule has 0 aliphatic rings. The molecule has 0 atom stereocenters. The molecule has 0 unspecified atom stereocenters.